The Bertz CT molecular complexity index is 831. The molecule has 0 bridgehead atoms. The van der Waals surface area contributed by atoms with E-state index in [1.807, 2.05) is 0 Å². The number of rotatable bonds is 1. The van der Waals surface area contributed by atoms with Gasteiger partial charge in [-0.3, -0.25) is 0 Å². The lowest BCUT2D eigenvalue weighted by atomic mass is 9.98. The Hall–Kier alpha value is -1.99. The molecule has 1 heteroatoms. The first-order valence-electron chi connectivity index (χ1n) is 7.44. The smallest absolute Gasteiger partial charge is 0.0136 e. The van der Waals surface area contributed by atoms with Gasteiger partial charge in [0, 0.05) is 8.41 Å². The Morgan fingerprint density at radius 2 is 1.86 bits per heavy atom. The minimum Gasteiger partial charge on any atom is -0.0619 e. The molecule has 0 spiro atoms. The number of hydrogen-bond donors (Lipinski definition) is 0. The van der Waals surface area contributed by atoms with E-state index in [0.717, 1.165) is 6.42 Å². The van der Waals surface area contributed by atoms with E-state index in [9.17, 15) is 0 Å². The third-order valence-electron chi connectivity index (χ3n) is 4.35. The highest BCUT2D eigenvalue weighted by Gasteiger charge is 2.20. The zero-order valence-corrected chi connectivity index (χ0v) is 13.4. The van der Waals surface area contributed by atoms with Gasteiger partial charge in [0.1, 0.15) is 0 Å². The van der Waals surface area contributed by atoms with Crippen LogP contribution < -0.4 is 0 Å². The lowest BCUT2D eigenvalue weighted by Crippen LogP contribution is -2.07. The fraction of sp³-hybridized carbons (Fsp3) is 0.150. The Labute approximate surface area is 127 Å². The van der Waals surface area contributed by atoms with Gasteiger partial charge >= 0.3 is 0 Å². The summed E-state index contributed by atoms with van der Waals surface area (Å²) < 4.78 is 0. The van der Waals surface area contributed by atoms with Gasteiger partial charge in [-0.25, -0.2) is 0 Å². The summed E-state index contributed by atoms with van der Waals surface area (Å²) in [6, 6.07) is 16.9. The summed E-state index contributed by atoms with van der Waals surface area (Å²) >= 11 is 0. The van der Waals surface area contributed by atoms with E-state index in [4.69, 9.17) is 0 Å². The van der Waals surface area contributed by atoms with Gasteiger partial charge in [-0.1, -0.05) is 67.7 Å². The van der Waals surface area contributed by atoms with Crippen LogP contribution in [0.2, 0.25) is 13.1 Å². The quantitative estimate of drug-likeness (QED) is 0.577. The van der Waals surface area contributed by atoms with Crippen molar-refractivity contribution in [2.75, 3.05) is 0 Å². The molecule has 0 fully saturated rings. The van der Waals surface area contributed by atoms with E-state index in [2.05, 4.69) is 73.8 Å². The molecule has 2 aromatic carbocycles. The summed E-state index contributed by atoms with van der Waals surface area (Å²) in [6.45, 7) is 4.71. The minimum absolute atomic E-state index is 0.433. The average Bonchev–Trinajstić information content (AvgIpc) is 3.11. The number of hydrogen-bond acceptors (Lipinski definition) is 0. The minimum atomic E-state index is -0.433. The summed E-state index contributed by atoms with van der Waals surface area (Å²) in [5.74, 6) is 0. The Kier molecular flexibility index (Phi) is 2.90. The fourth-order valence-electron chi connectivity index (χ4n) is 3.31. The monoisotopic (exact) mass is 285 g/mol. The van der Waals surface area contributed by atoms with Crippen molar-refractivity contribution in [3.05, 3.63) is 77.4 Å². The second-order valence-electron chi connectivity index (χ2n) is 5.95. The van der Waals surface area contributed by atoms with E-state index < -0.39 is 8.41 Å². The van der Waals surface area contributed by atoms with Gasteiger partial charge in [-0.15, -0.1) is 0 Å². The molecule has 2 aliphatic rings. The summed E-state index contributed by atoms with van der Waals surface area (Å²) in [5, 5.41) is 1.52. The van der Waals surface area contributed by atoms with Crippen molar-refractivity contribution in [2.45, 2.75) is 19.5 Å². The van der Waals surface area contributed by atoms with E-state index in [-0.39, 0.29) is 0 Å². The van der Waals surface area contributed by atoms with E-state index in [1.54, 1.807) is 0 Å². The van der Waals surface area contributed by atoms with Crippen molar-refractivity contribution in [1.82, 2.24) is 0 Å². The Morgan fingerprint density at radius 3 is 2.71 bits per heavy atom. The Morgan fingerprint density at radius 1 is 1.00 bits per heavy atom. The molecular weight excluding hydrogens is 268 g/mol. The Balaban J connectivity index is 1.80. The predicted molar refractivity (Wildman–Crippen MR) is 93.1 cm³/mol. The molecule has 0 heterocycles. The van der Waals surface area contributed by atoms with Crippen molar-refractivity contribution in [3.63, 3.8) is 0 Å². The van der Waals surface area contributed by atoms with Crippen molar-refractivity contribution < 1.29 is 0 Å². The molecule has 0 aromatic heterocycles. The largest absolute Gasteiger partial charge is 0.0619 e. The molecule has 2 aliphatic carbocycles. The van der Waals surface area contributed by atoms with Crippen LogP contribution in [0.25, 0.3) is 16.7 Å². The zero-order chi connectivity index (χ0) is 14.4. The van der Waals surface area contributed by atoms with Crippen molar-refractivity contribution in [2.24, 2.45) is 0 Å². The zero-order valence-electron chi connectivity index (χ0n) is 12.4. The van der Waals surface area contributed by atoms with Crippen molar-refractivity contribution >= 4 is 19.2 Å². The van der Waals surface area contributed by atoms with E-state index >= 15 is 0 Å². The van der Waals surface area contributed by atoms with Gasteiger partial charge in [0.05, 0.1) is 0 Å². The third-order valence-corrected chi connectivity index (χ3v) is 5.86. The van der Waals surface area contributed by atoms with Gasteiger partial charge in [0.2, 0.25) is 0 Å². The molecule has 0 saturated heterocycles. The van der Waals surface area contributed by atoms with Crippen molar-refractivity contribution in [3.8, 4) is 11.1 Å². The number of fused-ring (bicyclic) bond motifs is 3. The predicted octanol–water partition coefficient (Wildman–Crippen LogP) is 4.52. The molecule has 0 unspecified atom stereocenters. The topological polar surface area (TPSA) is 0 Å². The fourth-order valence-corrected chi connectivity index (χ4v) is 4.49. The molecular formula is C20H17Si. The van der Waals surface area contributed by atoms with Gasteiger partial charge in [0.15, 0.2) is 0 Å². The van der Waals surface area contributed by atoms with Crippen LogP contribution in [0.3, 0.4) is 0 Å². The van der Waals surface area contributed by atoms with Crippen LogP contribution in [0.1, 0.15) is 16.7 Å². The molecule has 0 amide bonds. The number of allylic oxidation sites excluding steroid dienone is 4. The lowest BCUT2D eigenvalue weighted by molar-refractivity contribution is 1.25. The standard InChI is InChI=1S/C20H17Si/c1-21(2)20-9-5-8-19(20)15-10-11-18-16(13-15)12-14-6-3-4-7-17(14)18/h3-11H,12H2,1-2H3. The number of benzene rings is 2. The van der Waals surface area contributed by atoms with Crippen molar-refractivity contribution in [1.29, 1.82) is 0 Å². The second-order valence-corrected chi connectivity index (χ2v) is 8.49. The highest BCUT2D eigenvalue weighted by Crippen LogP contribution is 2.37. The first kappa shape index (κ1) is 12.7. The van der Waals surface area contributed by atoms with Crippen LogP contribution in [0.4, 0.5) is 0 Å². The maximum atomic E-state index is 3.69. The maximum absolute atomic E-state index is 3.69. The highest BCUT2D eigenvalue weighted by molar-refractivity contribution is 6.79. The molecule has 2 aromatic rings. The molecule has 21 heavy (non-hydrogen) atoms. The first-order chi connectivity index (χ1) is 10.2. The van der Waals surface area contributed by atoms with Crippen LogP contribution in [-0.4, -0.2) is 13.6 Å². The molecule has 101 valence electrons. The summed E-state index contributed by atoms with van der Waals surface area (Å²) in [6.07, 6.45) is 7.72. The molecule has 0 atom stereocenters. The lowest BCUT2D eigenvalue weighted by Gasteiger charge is -2.09. The van der Waals surface area contributed by atoms with Crippen LogP contribution in [0, 0.1) is 6.07 Å². The first-order valence-corrected chi connectivity index (χ1v) is 9.94. The van der Waals surface area contributed by atoms with Crippen LogP contribution in [-0.2, 0) is 6.42 Å². The summed E-state index contributed by atoms with van der Waals surface area (Å²) in [4.78, 5) is 0. The van der Waals surface area contributed by atoms with E-state index in [0.29, 0.717) is 0 Å². The van der Waals surface area contributed by atoms with Gasteiger partial charge in [0.25, 0.3) is 0 Å². The van der Waals surface area contributed by atoms with Crippen LogP contribution in [0.15, 0.2) is 54.6 Å². The van der Waals surface area contributed by atoms with E-state index in [1.165, 1.54) is 38.6 Å². The van der Waals surface area contributed by atoms with Gasteiger partial charge in [-0.2, -0.15) is 0 Å². The third kappa shape index (κ3) is 2.00. The summed E-state index contributed by atoms with van der Waals surface area (Å²) in [7, 11) is -0.433. The SMILES string of the molecule is C[Si](C)=C1C=CC=C1c1[c]c2c(cc1)-c1ccccc1C2. The second kappa shape index (κ2) is 4.78. The van der Waals surface area contributed by atoms with Gasteiger partial charge < -0.3 is 0 Å². The molecule has 0 saturated carbocycles. The van der Waals surface area contributed by atoms with Crippen LogP contribution >= 0.6 is 0 Å². The molecule has 0 nitrogen and oxygen atoms in total. The average molecular weight is 285 g/mol. The summed E-state index contributed by atoms with van der Waals surface area (Å²) in [5.41, 5.74) is 8.16. The molecule has 4 rings (SSSR count). The normalized spacial score (nSPS) is 15.0. The maximum Gasteiger partial charge on any atom is 0.0136 e. The molecule has 0 aliphatic heterocycles. The van der Waals surface area contributed by atoms with Gasteiger partial charge in [-0.05, 0) is 51.0 Å². The molecule has 1 radical (unpaired) electrons. The highest BCUT2D eigenvalue weighted by atomic mass is 28.2. The van der Waals surface area contributed by atoms with Crippen LogP contribution in [0.5, 0.6) is 0 Å². The molecule has 0 N–H and O–H groups in total.